The summed E-state index contributed by atoms with van der Waals surface area (Å²) in [5.41, 5.74) is 5.27. The molecule has 0 aromatic carbocycles. The summed E-state index contributed by atoms with van der Waals surface area (Å²) in [6.07, 6.45) is -0.450. The third-order valence-electron chi connectivity index (χ3n) is 1.17. The van der Waals surface area contributed by atoms with Crippen molar-refractivity contribution in [2.24, 2.45) is 5.73 Å². The van der Waals surface area contributed by atoms with Crippen LogP contribution in [0.3, 0.4) is 0 Å². The molecule has 0 aliphatic heterocycles. The second kappa shape index (κ2) is 5.94. The maximum atomic E-state index is 9.14. The van der Waals surface area contributed by atoms with Gasteiger partial charge < -0.3 is 15.2 Å². The van der Waals surface area contributed by atoms with E-state index >= 15 is 0 Å². The van der Waals surface area contributed by atoms with Crippen LogP contribution >= 0.6 is 0 Å². The highest BCUT2D eigenvalue weighted by Gasteiger charge is 2.03. The molecule has 0 rings (SSSR count). The number of nitrogens with two attached hydrogens (primary N) is 1. The SMILES string of the molecule is CNCC(O)C[NH+]=C(N)OC. The molecule has 1 unspecified atom stereocenters. The van der Waals surface area contributed by atoms with Gasteiger partial charge in [-0.2, -0.15) is 0 Å². The van der Waals surface area contributed by atoms with Gasteiger partial charge in [0.2, 0.25) is 0 Å². The smallest absolute Gasteiger partial charge is 0.435 e. The molecule has 0 amide bonds. The molecule has 0 aliphatic rings. The molecule has 0 bridgehead atoms. The number of methoxy groups -OCH3 is 1. The summed E-state index contributed by atoms with van der Waals surface area (Å²) in [4.78, 5) is 2.70. The van der Waals surface area contributed by atoms with Crippen molar-refractivity contribution in [2.75, 3.05) is 27.2 Å². The summed E-state index contributed by atoms with van der Waals surface area (Å²) in [6, 6.07) is 0.222. The molecule has 5 N–H and O–H groups in total. The Hall–Kier alpha value is -0.810. The van der Waals surface area contributed by atoms with Crippen molar-refractivity contribution < 1.29 is 14.8 Å². The fourth-order valence-electron chi connectivity index (χ4n) is 0.598. The molecule has 5 nitrogen and oxygen atoms in total. The van der Waals surface area contributed by atoms with Gasteiger partial charge in [-0.1, -0.05) is 0 Å². The van der Waals surface area contributed by atoms with Crippen molar-refractivity contribution >= 4 is 6.02 Å². The summed E-state index contributed by atoms with van der Waals surface area (Å²) >= 11 is 0. The average Bonchev–Trinajstić information content (AvgIpc) is 2.01. The molecule has 1 atom stereocenters. The zero-order chi connectivity index (χ0) is 8.69. The molecule has 5 heteroatoms. The molecule has 0 aliphatic carbocycles. The van der Waals surface area contributed by atoms with Crippen LogP contribution in [0.1, 0.15) is 0 Å². The molecule has 0 fully saturated rings. The van der Waals surface area contributed by atoms with Crippen molar-refractivity contribution in [3.05, 3.63) is 0 Å². The van der Waals surface area contributed by atoms with Crippen molar-refractivity contribution in [1.82, 2.24) is 5.32 Å². The van der Waals surface area contributed by atoms with Gasteiger partial charge in [0.15, 0.2) is 0 Å². The lowest BCUT2D eigenvalue weighted by molar-refractivity contribution is -0.479. The van der Waals surface area contributed by atoms with E-state index in [1.54, 1.807) is 7.05 Å². The minimum Gasteiger partial charge on any atom is -0.435 e. The third-order valence-corrected chi connectivity index (χ3v) is 1.17. The molecule has 0 aromatic heterocycles. The number of ether oxygens (including phenoxy) is 1. The van der Waals surface area contributed by atoms with Crippen molar-refractivity contribution in [3.63, 3.8) is 0 Å². The molecular formula is C6H16N3O2+. The van der Waals surface area contributed by atoms with E-state index in [-0.39, 0.29) is 6.02 Å². The molecule has 66 valence electrons. The van der Waals surface area contributed by atoms with E-state index in [1.165, 1.54) is 7.11 Å². The maximum absolute atomic E-state index is 9.14. The van der Waals surface area contributed by atoms with Crippen LogP contribution in [0, 0.1) is 0 Å². The maximum Gasteiger partial charge on any atom is 0.439 e. The Labute approximate surface area is 66.3 Å². The highest BCUT2D eigenvalue weighted by molar-refractivity contribution is 5.64. The van der Waals surface area contributed by atoms with Crippen LogP contribution in [0.4, 0.5) is 0 Å². The topological polar surface area (TPSA) is 81.5 Å². The Bertz CT molecular complexity index is 127. The normalized spacial score (nSPS) is 14.6. The summed E-state index contributed by atoms with van der Waals surface area (Å²) in [5.74, 6) is 0. The molecular weight excluding hydrogens is 146 g/mol. The Morgan fingerprint density at radius 3 is 2.91 bits per heavy atom. The highest BCUT2D eigenvalue weighted by atomic mass is 16.5. The van der Waals surface area contributed by atoms with Gasteiger partial charge in [0.1, 0.15) is 12.6 Å². The van der Waals surface area contributed by atoms with Crippen molar-refractivity contribution in [1.29, 1.82) is 0 Å². The Balaban J connectivity index is 3.50. The average molecular weight is 162 g/mol. The fourth-order valence-corrected chi connectivity index (χ4v) is 0.598. The van der Waals surface area contributed by atoms with E-state index in [0.717, 1.165) is 0 Å². The fraction of sp³-hybridized carbons (Fsp3) is 0.833. The number of amidine groups is 1. The Morgan fingerprint density at radius 1 is 1.82 bits per heavy atom. The molecule has 0 radical (unpaired) electrons. The first-order chi connectivity index (χ1) is 5.20. The molecule has 0 saturated carbocycles. The van der Waals surface area contributed by atoms with Crippen LogP contribution in [0.15, 0.2) is 0 Å². The van der Waals surface area contributed by atoms with Crippen LogP contribution in [-0.2, 0) is 4.74 Å². The molecule has 0 heterocycles. The Morgan fingerprint density at radius 2 is 2.45 bits per heavy atom. The van der Waals surface area contributed by atoms with Gasteiger partial charge in [-0.15, -0.1) is 0 Å². The second-order valence-electron chi connectivity index (χ2n) is 2.16. The number of aliphatic hydroxyl groups is 1. The second-order valence-corrected chi connectivity index (χ2v) is 2.16. The van der Waals surface area contributed by atoms with Crippen LogP contribution in [0.5, 0.6) is 0 Å². The van der Waals surface area contributed by atoms with Crippen molar-refractivity contribution in [2.45, 2.75) is 6.10 Å². The monoisotopic (exact) mass is 162 g/mol. The van der Waals surface area contributed by atoms with E-state index in [2.05, 4.69) is 15.0 Å². The lowest BCUT2D eigenvalue weighted by Crippen LogP contribution is -2.78. The minimum atomic E-state index is -0.450. The number of nitrogens with one attached hydrogen (secondary N) is 2. The predicted octanol–water partition coefficient (Wildman–Crippen LogP) is -3.39. The van der Waals surface area contributed by atoms with Gasteiger partial charge in [-0.05, 0) is 7.05 Å². The van der Waals surface area contributed by atoms with E-state index in [4.69, 9.17) is 10.8 Å². The van der Waals surface area contributed by atoms with Gasteiger partial charge in [-0.25, -0.2) is 4.99 Å². The summed E-state index contributed by atoms with van der Waals surface area (Å²) < 4.78 is 4.63. The van der Waals surface area contributed by atoms with E-state index in [0.29, 0.717) is 13.1 Å². The standard InChI is InChI=1S/C6H15N3O2/c1-8-3-5(10)4-9-6(7)11-2/h5,8,10H,3-4H2,1-2H3,(H2,7,9)/p+1. The van der Waals surface area contributed by atoms with Crippen LogP contribution in [0.25, 0.3) is 0 Å². The predicted molar refractivity (Wildman–Crippen MR) is 42.0 cm³/mol. The quantitative estimate of drug-likeness (QED) is 0.257. The number of rotatable bonds is 4. The van der Waals surface area contributed by atoms with Gasteiger partial charge in [-0.3, -0.25) is 5.73 Å². The van der Waals surface area contributed by atoms with Gasteiger partial charge in [0.25, 0.3) is 0 Å². The zero-order valence-corrected chi connectivity index (χ0v) is 6.92. The number of likely N-dealkylation sites (N-methyl/N-ethyl adjacent to an activating group) is 1. The summed E-state index contributed by atoms with van der Waals surface area (Å²) in [7, 11) is 3.24. The van der Waals surface area contributed by atoms with Gasteiger partial charge in [0.05, 0.1) is 7.11 Å². The van der Waals surface area contributed by atoms with Crippen LogP contribution in [0.2, 0.25) is 0 Å². The number of aliphatic hydroxyl groups excluding tert-OH is 1. The van der Waals surface area contributed by atoms with Crippen LogP contribution < -0.4 is 16.0 Å². The third kappa shape index (κ3) is 5.63. The number of hydrogen-bond donors (Lipinski definition) is 4. The lowest BCUT2D eigenvalue weighted by atomic mass is 10.3. The number of hydrogen-bond acceptors (Lipinski definition) is 3. The first-order valence-electron chi connectivity index (χ1n) is 3.43. The van der Waals surface area contributed by atoms with Gasteiger partial charge in [0, 0.05) is 6.54 Å². The zero-order valence-electron chi connectivity index (χ0n) is 6.92. The summed E-state index contributed by atoms with van der Waals surface area (Å²) in [6.45, 7) is 0.921. The van der Waals surface area contributed by atoms with Crippen molar-refractivity contribution in [3.8, 4) is 0 Å². The van der Waals surface area contributed by atoms with E-state index in [1.807, 2.05) is 0 Å². The largest absolute Gasteiger partial charge is 0.439 e. The molecule has 0 aromatic rings. The summed E-state index contributed by atoms with van der Waals surface area (Å²) in [5, 5.41) is 12.0. The first kappa shape index (κ1) is 10.2. The van der Waals surface area contributed by atoms with E-state index < -0.39 is 6.10 Å². The Kier molecular flexibility index (Phi) is 5.50. The van der Waals surface area contributed by atoms with Crippen LogP contribution in [-0.4, -0.2) is 44.5 Å². The first-order valence-corrected chi connectivity index (χ1v) is 3.43. The highest BCUT2D eigenvalue weighted by Crippen LogP contribution is 1.69. The molecule has 0 saturated heterocycles. The lowest BCUT2D eigenvalue weighted by Gasteiger charge is -2.03. The molecule has 11 heavy (non-hydrogen) atoms. The molecule has 0 spiro atoms. The van der Waals surface area contributed by atoms with Gasteiger partial charge >= 0.3 is 6.02 Å². The van der Waals surface area contributed by atoms with E-state index in [9.17, 15) is 0 Å². The minimum absolute atomic E-state index is 0.222.